The first-order chi connectivity index (χ1) is 18.1. The molecule has 0 aliphatic carbocycles. The Hall–Kier alpha value is -3.60. The summed E-state index contributed by atoms with van der Waals surface area (Å²) in [7, 11) is 1.83. The predicted molar refractivity (Wildman–Crippen MR) is 139 cm³/mol. The highest BCUT2D eigenvalue weighted by atomic mass is 19.3. The Balaban J connectivity index is 1.48. The number of rotatable bonds is 5. The molecule has 2 fully saturated rings. The molecule has 0 bridgehead atoms. The van der Waals surface area contributed by atoms with Crippen molar-refractivity contribution >= 4 is 17.5 Å². The molecule has 8 nitrogen and oxygen atoms in total. The molecule has 0 saturated carbocycles. The first kappa shape index (κ1) is 26.0. The highest BCUT2D eigenvalue weighted by molar-refractivity contribution is 5.91. The highest BCUT2D eigenvalue weighted by Gasteiger charge is 2.40. The van der Waals surface area contributed by atoms with Crippen molar-refractivity contribution < 1.29 is 22.7 Å². The number of morpholine rings is 1. The van der Waals surface area contributed by atoms with Gasteiger partial charge in [-0.1, -0.05) is 0 Å². The lowest BCUT2D eigenvalue weighted by Crippen LogP contribution is -2.36. The summed E-state index contributed by atoms with van der Waals surface area (Å²) < 4.78 is 49.6. The average Bonchev–Trinajstić information content (AvgIpc) is 3.56. The number of hydrogen-bond donors (Lipinski definition) is 1. The van der Waals surface area contributed by atoms with Crippen LogP contribution in [0, 0.1) is 18.7 Å². The van der Waals surface area contributed by atoms with Gasteiger partial charge in [-0.15, -0.1) is 0 Å². The number of carbonyl (C=O) groups is 1. The van der Waals surface area contributed by atoms with Crippen molar-refractivity contribution in [2.45, 2.75) is 26.2 Å². The Morgan fingerprint density at radius 1 is 1.13 bits per heavy atom. The minimum atomic E-state index is -2.87. The van der Waals surface area contributed by atoms with Crippen LogP contribution in [0.15, 0.2) is 36.7 Å². The van der Waals surface area contributed by atoms with E-state index in [1.807, 2.05) is 25.4 Å². The van der Waals surface area contributed by atoms with Gasteiger partial charge in [-0.2, -0.15) is 5.10 Å². The molecule has 2 aromatic heterocycles. The second kappa shape index (κ2) is 10.3. The van der Waals surface area contributed by atoms with E-state index in [9.17, 15) is 18.0 Å². The topological polar surface area (TPSA) is 75.5 Å². The molecule has 3 aromatic rings. The van der Waals surface area contributed by atoms with Crippen LogP contribution in [0.3, 0.4) is 0 Å². The normalized spacial score (nSPS) is 18.2. The summed E-state index contributed by atoms with van der Waals surface area (Å²) in [5, 5.41) is 6.87. The number of halogens is 3. The molecule has 38 heavy (non-hydrogen) atoms. The lowest BCUT2D eigenvalue weighted by atomic mass is 9.98. The van der Waals surface area contributed by atoms with E-state index >= 15 is 0 Å². The van der Waals surface area contributed by atoms with Crippen LogP contribution in [0.1, 0.15) is 18.9 Å². The molecule has 0 radical (unpaired) electrons. The van der Waals surface area contributed by atoms with E-state index in [1.54, 1.807) is 23.9 Å². The molecular weight excluding hydrogens is 497 g/mol. The smallest absolute Gasteiger partial charge is 0.321 e. The molecule has 5 rings (SSSR count). The molecule has 2 aliphatic heterocycles. The summed E-state index contributed by atoms with van der Waals surface area (Å²) in [6.45, 7) is 5.38. The molecule has 2 saturated heterocycles. The molecular formula is C27H31F3N6O2. The number of benzene rings is 1. The van der Waals surface area contributed by atoms with E-state index in [-0.39, 0.29) is 25.2 Å². The van der Waals surface area contributed by atoms with Gasteiger partial charge >= 0.3 is 6.03 Å². The molecule has 0 unspecified atom stereocenters. The minimum Gasteiger partial charge on any atom is -0.378 e. The molecule has 4 heterocycles. The van der Waals surface area contributed by atoms with Crippen molar-refractivity contribution in [3.8, 4) is 22.4 Å². The van der Waals surface area contributed by atoms with Crippen LogP contribution in [0.25, 0.3) is 22.4 Å². The van der Waals surface area contributed by atoms with Crippen LogP contribution in [0.2, 0.25) is 0 Å². The second-order valence-electron chi connectivity index (χ2n) is 10.1. The van der Waals surface area contributed by atoms with Gasteiger partial charge in [0, 0.05) is 50.9 Å². The van der Waals surface area contributed by atoms with Gasteiger partial charge in [0.05, 0.1) is 30.8 Å². The lowest BCUT2D eigenvalue weighted by molar-refractivity contribution is -0.0338. The molecule has 1 N–H and O–H groups in total. The van der Waals surface area contributed by atoms with Gasteiger partial charge in [-0.05, 0) is 61.2 Å². The summed E-state index contributed by atoms with van der Waals surface area (Å²) in [5.74, 6) is -3.61. The first-order valence-corrected chi connectivity index (χ1v) is 12.7. The van der Waals surface area contributed by atoms with Crippen LogP contribution in [-0.4, -0.2) is 71.0 Å². The fourth-order valence-electron chi connectivity index (χ4n) is 4.96. The number of amides is 2. The zero-order chi connectivity index (χ0) is 27.0. The average molecular weight is 529 g/mol. The minimum absolute atomic E-state index is 0.00466. The summed E-state index contributed by atoms with van der Waals surface area (Å²) in [6, 6.07) is 6.24. The van der Waals surface area contributed by atoms with Crippen LogP contribution in [-0.2, 0) is 11.8 Å². The fraction of sp³-hybridized carbons (Fsp3) is 0.444. The molecule has 1 atom stereocenters. The van der Waals surface area contributed by atoms with Gasteiger partial charge in [0.25, 0.3) is 0 Å². The van der Waals surface area contributed by atoms with Gasteiger partial charge in [-0.3, -0.25) is 4.68 Å². The molecule has 2 aliphatic rings. The molecule has 11 heteroatoms. The highest BCUT2D eigenvalue weighted by Crippen LogP contribution is 2.35. The van der Waals surface area contributed by atoms with E-state index in [0.717, 1.165) is 35.1 Å². The van der Waals surface area contributed by atoms with Crippen LogP contribution in [0.4, 0.5) is 29.5 Å². The zero-order valence-electron chi connectivity index (χ0n) is 21.7. The monoisotopic (exact) mass is 528 g/mol. The van der Waals surface area contributed by atoms with Crippen LogP contribution < -0.4 is 10.2 Å². The lowest BCUT2D eigenvalue weighted by Gasteiger charge is -2.28. The summed E-state index contributed by atoms with van der Waals surface area (Å²) in [5.41, 5.74) is 3.77. The number of pyridine rings is 1. The Kier molecular flexibility index (Phi) is 7.04. The molecule has 1 aromatic carbocycles. The number of nitrogens with one attached hydrogen (secondary N) is 1. The molecule has 202 valence electrons. The first-order valence-electron chi connectivity index (χ1n) is 12.7. The number of anilines is 2. The van der Waals surface area contributed by atoms with Gasteiger partial charge in [0.2, 0.25) is 5.92 Å². The SMILES string of the molecule is Cc1cc(F)c(NC(=O)N2CC[C@@H](C(C)(F)F)C2)cc1-c1cc(-c2cnn(C)c2)nc(N2CCOCC2)c1. The van der Waals surface area contributed by atoms with Crippen molar-refractivity contribution in [3.05, 3.63) is 48.0 Å². The largest absolute Gasteiger partial charge is 0.378 e. The third-order valence-electron chi connectivity index (χ3n) is 7.21. The number of likely N-dealkylation sites (tertiary alicyclic amines) is 1. The standard InChI is InChI=1S/C27H31F3N6O2/c1-17-10-22(28)24(33-26(37)36-5-4-20(16-36)27(2,29)30)13-21(17)18-11-23(19-14-31-34(3)15-19)32-25(12-18)35-6-8-38-9-7-35/h10-15,20H,4-9,16H2,1-3H3,(H,33,37)/t20-/m1/s1. The maximum atomic E-state index is 15.0. The predicted octanol–water partition coefficient (Wildman–Crippen LogP) is 4.94. The third kappa shape index (κ3) is 5.47. The Bertz CT molecular complexity index is 1330. The molecule has 0 spiro atoms. The third-order valence-corrected chi connectivity index (χ3v) is 7.21. The van der Waals surface area contributed by atoms with Gasteiger partial charge in [-0.25, -0.2) is 22.9 Å². The van der Waals surface area contributed by atoms with Crippen LogP contribution >= 0.6 is 0 Å². The number of aryl methyl sites for hydroxylation is 2. The Labute approximate surface area is 219 Å². The molecule has 2 amide bonds. The fourth-order valence-corrected chi connectivity index (χ4v) is 4.96. The van der Waals surface area contributed by atoms with E-state index in [2.05, 4.69) is 15.3 Å². The van der Waals surface area contributed by atoms with E-state index < -0.39 is 23.7 Å². The zero-order valence-corrected chi connectivity index (χ0v) is 21.7. The number of aromatic nitrogens is 3. The van der Waals surface area contributed by atoms with Gasteiger partial charge in [0.1, 0.15) is 11.6 Å². The second-order valence-corrected chi connectivity index (χ2v) is 10.1. The maximum Gasteiger partial charge on any atom is 0.321 e. The van der Waals surface area contributed by atoms with Crippen LogP contribution in [0.5, 0.6) is 0 Å². The number of carbonyl (C=O) groups excluding carboxylic acids is 1. The van der Waals surface area contributed by atoms with Crippen molar-refractivity contribution in [1.29, 1.82) is 0 Å². The number of urea groups is 1. The van der Waals surface area contributed by atoms with Crippen molar-refractivity contribution in [3.63, 3.8) is 0 Å². The van der Waals surface area contributed by atoms with Crippen molar-refractivity contribution in [2.24, 2.45) is 13.0 Å². The Morgan fingerprint density at radius 3 is 2.55 bits per heavy atom. The summed E-state index contributed by atoms with van der Waals surface area (Å²) >= 11 is 0. The van der Waals surface area contributed by atoms with Crippen molar-refractivity contribution in [2.75, 3.05) is 49.6 Å². The van der Waals surface area contributed by atoms with E-state index in [1.165, 1.54) is 11.0 Å². The number of nitrogens with zero attached hydrogens (tertiary/aromatic N) is 5. The van der Waals surface area contributed by atoms with Gasteiger partial charge < -0.3 is 19.9 Å². The number of hydrogen-bond acceptors (Lipinski definition) is 5. The van der Waals surface area contributed by atoms with E-state index in [4.69, 9.17) is 9.72 Å². The Morgan fingerprint density at radius 2 is 1.89 bits per heavy atom. The van der Waals surface area contributed by atoms with E-state index in [0.29, 0.717) is 31.9 Å². The maximum absolute atomic E-state index is 15.0. The number of ether oxygens (including phenoxy) is 1. The number of alkyl halides is 2. The van der Waals surface area contributed by atoms with Crippen molar-refractivity contribution in [1.82, 2.24) is 19.7 Å². The summed E-state index contributed by atoms with van der Waals surface area (Å²) in [6.07, 6.45) is 3.82. The van der Waals surface area contributed by atoms with Gasteiger partial charge in [0.15, 0.2) is 0 Å². The quantitative estimate of drug-likeness (QED) is 0.508. The summed E-state index contributed by atoms with van der Waals surface area (Å²) in [4.78, 5) is 21.2.